The summed E-state index contributed by atoms with van der Waals surface area (Å²) in [7, 11) is 0. The topological polar surface area (TPSA) is 24.9 Å². The Labute approximate surface area is 106 Å². The SMILES string of the molecule is Brc1cnc(/C=C/CNC2CC2)c(Br)c1. The van der Waals surface area contributed by atoms with Gasteiger partial charge in [-0.25, -0.2) is 0 Å². The molecule has 0 bridgehead atoms. The lowest BCUT2D eigenvalue weighted by molar-refractivity contribution is 0.754. The fraction of sp³-hybridized carbons (Fsp3) is 0.364. The van der Waals surface area contributed by atoms with Gasteiger partial charge in [0.25, 0.3) is 0 Å². The molecule has 1 heterocycles. The Morgan fingerprint density at radius 3 is 2.93 bits per heavy atom. The summed E-state index contributed by atoms with van der Waals surface area (Å²) in [4.78, 5) is 4.30. The van der Waals surface area contributed by atoms with Gasteiger partial charge in [0.15, 0.2) is 0 Å². The first-order valence-electron chi connectivity index (χ1n) is 4.96. The number of hydrogen-bond acceptors (Lipinski definition) is 2. The van der Waals surface area contributed by atoms with Gasteiger partial charge in [-0.3, -0.25) is 4.98 Å². The van der Waals surface area contributed by atoms with Crippen LogP contribution in [0, 0.1) is 0 Å². The van der Waals surface area contributed by atoms with Crippen molar-refractivity contribution in [3.63, 3.8) is 0 Å². The average Bonchev–Trinajstić information content (AvgIpc) is 2.99. The summed E-state index contributed by atoms with van der Waals surface area (Å²) in [6.45, 7) is 0.925. The number of nitrogens with one attached hydrogen (secondary N) is 1. The molecule has 2 nitrogen and oxygen atoms in total. The molecule has 1 aromatic heterocycles. The van der Waals surface area contributed by atoms with Crippen LogP contribution in [-0.2, 0) is 0 Å². The van der Waals surface area contributed by atoms with E-state index in [1.54, 1.807) is 6.20 Å². The zero-order valence-corrected chi connectivity index (χ0v) is 11.4. The first-order valence-corrected chi connectivity index (χ1v) is 6.55. The van der Waals surface area contributed by atoms with Crippen LogP contribution in [0.4, 0.5) is 0 Å². The minimum atomic E-state index is 0.760. The monoisotopic (exact) mass is 330 g/mol. The Kier molecular flexibility index (Phi) is 3.94. The van der Waals surface area contributed by atoms with Gasteiger partial charge in [-0.15, -0.1) is 0 Å². The van der Waals surface area contributed by atoms with E-state index >= 15 is 0 Å². The molecule has 2 rings (SSSR count). The maximum Gasteiger partial charge on any atom is 0.0769 e. The quantitative estimate of drug-likeness (QED) is 0.915. The Bertz CT molecular complexity index is 373. The van der Waals surface area contributed by atoms with Crippen LogP contribution in [0.3, 0.4) is 0 Å². The third kappa shape index (κ3) is 3.70. The van der Waals surface area contributed by atoms with E-state index < -0.39 is 0 Å². The highest BCUT2D eigenvalue weighted by atomic mass is 79.9. The summed E-state index contributed by atoms with van der Waals surface area (Å²) in [6, 6.07) is 2.76. The van der Waals surface area contributed by atoms with Crippen molar-refractivity contribution < 1.29 is 0 Å². The van der Waals surface area contributed by atoms with Gasteiger partial charge in [-0.2, -0.15) is 0 Å². The van der Waals surface area contributed by atoms with Crippen molar-refractivity contribution in [3.05, 3.63) is 33.0 Å². The van der Waals surface area contributed by atoms with E-state index in [1.165, 1.54) is 12.8 Å². The van der Waals surface area contributed by atoms with Crippen LogP contribution in [0.25, 0.3) is 6.08 Å². The van der Waals surface area contributed by atoms with Crippen molar-refractivity contribution >= 4 is 37.9 Å². The largest absolute Gasteiger partial charge is 0.311 e. The van der Waals surface area contributed by atoms with Crippen molar-refractivity contribution in [1.82, 2.24) is 10.3 Å². The highest BCUT2D eigenvalue weighted by molar-refractivity contribution is 9.11. The standard InChI is InChI=1S/C11H12Br2N2/c12-8-6-10(13)11(15-7-8)2-1-5-14-9-3-4-9/h1-2,6-7,9,14H,3-5H2/b2-1+. The Balaban J connectivity index is 1.90. The second kappa shape index (κ2) is 5.23. The molecule has 1 saturated carbocycles. The average molecular weight is 332 g/mol. The predicted molar refractivity (Wildman–Crippen MR) is 69.7 cm³/mol. The van der Waals surface area contributed by atoms with Crippen LogP contribution in [-0.4, -0.2) is 17.6 Å². The fourth-order valence-electron chi connectivity index (χ4n) is 1.24. The molecule has 0 unspecified atom stereocenters. The molecule has 0 aromatic carbocycles. The minimum Gasteiger partial charge on any atom is -0.311 e. The number of pyridine rings is 1. The minimum absolute atomic E-state index is 0.760. The molecule has 1 N–H and O–H groups in total. The van der Waals surface area contributed by atoms with Crippen LogP contribution < -0.4 is 5.32 Å². The lowest BCUT2D eigenvalue weighted by Gasteiger charge is -1.99. The van der Waals surface area contributed by atoms with Crippen molar-refractivity contribution in [3.8, 4) is 0 Å². The maximum absolute atomic E-state index is 4.30. The van der Waals surface area contributed by atoms with Crippen LogP contribution in [0.2, 0.25) is 0 Å². The first-order chi connectivity index (χ1) is 7.25. The van der Waals surface area contributed by atoms with Gasteiger partial charge in [0, 0.05) is 27.7 Å². The summed E-state index contributed by atoms with van der Waals surface area (Å²) in [5, 5.41) is 3.42. The summed E-state index contributed by atoms with van der Waals surface area (Å²) in [5.41, 5.74) is 0.968. The highest BCUT2D eigenvalue weighted by Gasteiger charge is 2.18. The Morgan fingerprint density at radius 2 is 2.27 bits per heavy atom. The van der Waals surface area contributed by atoms with Crippen molar-refractivity contribution in [2.75, 3.05) is 6.54 Å². The second-order valence-corrected chi connectivity index (χ2v) is 5.38. The first kappa shape index (κ1) is 11.3. The molecule has 80 valence electrons. The van der Waals surface area contributed by atoms with E-state index in [4.69, 9.17) is 0 Å². The number of hydrogen-bond donors (Lipinski definition) is 1. The number of halogens is 2. The predicted octanol–water partition coefficient (Wildman–Crippen LogP) is 3.37. The van der Waals surface area contributed by atoms with Crippen molar-refractivity contribution in [2.45, 2.75) is 18.9 Å². The van der Waals surface area contributed by atoms with Crippen LogP contribution in [0.5, 0.6) is 0 Å². The molecule has 1 aromatic rings. The third-order valence-electron chi connectivity index (χ3n) is 2.21. The van der Waals surface area contributed by atoms with E-state index in [2.05, 4.69) is 48.2 Å². The van der Waals surface area contributed by atoms with E-state index in [9.17, 15) is 0 Å². The van der Waals surface area contributed by atoms with Crippen LogP contribution >= 0.6 is 31.9 Å². The lowest BCUT2D eigenvalue weighted by Crippen LogP contribution is -2.15. The summed E-state index contributed by atoms with van der Waals surface area (Å²) in [5.74, 6) is 0. The fourth-order valence-corrected chi connectivity index (χ4v) is 2.36. The van der Waals surface area contributed by atoms with E-state index in [0.29, 0.717) is 0 Å². The summed E-state index contributed by atoms with van der Waals surface area (Å²) >= 11 is 6.85. The van der Waals surface area contributed by atoms with E-state index in [0.717, 1.165) is 27.2 Å². The highest BCUT2D eigenvalue weighted by Crippen LogP contribution is 2.21. The Morgan fingerprint density at radius 1 is 1.47 bits per heavy atom. The molecule has 0 amide bonds. The molecule has 0 saturated heterocycles. The molecule has 0 radical (unpaired) electrons. The molecule has 4 heteroatoms. The van der Waals surface area contributed by atoms with Gasteiger partial charge in [0.05, 0.1) is 5.69 Å². The van der Waals surface area contributed by atoms with Crippen molar-refractivity contribution in [1.29, 1.82) is 0 Å². The van der Waals surface area contributed by atoms with Crippen LogP contribution in [0.15, 0.2) is 27.3 Å². The van der Waals surface area contributed by atoms with Gasteiger partial charge < -0.3 is 5.32 Å². The van der Waals surface area contributed by atoms with E-state index in [-0.39, 0.29) is 0 Å². The van der Waals surface area contributed by atoms with Gasteiger partial charge in [-0.05, 0) is 56.8 Å². The third-order valence-corrected chi connectivity index (χ3v) is 3.28. The normalized spacial score (nSPS) is 16.1. The Hall–Kier alpha value is -0.190. The molecule has 0 atom stereocenters. The van der Waals surface area contributed by atoms with Crippen LogP contribution in [0.1, 0.15) is 18.5 Å². The molecule has 0 spiro atoms. The molecular formula is C11H12Br2N2. The van der Waals surface area contributed by atoms with Gasteiger partial charge >= 0.3 is 0 Å². The molecule has 1 aliphatic carbocycles. The smallest absolute Gasteiger partial charge is 0.0769 e. The molecule has 1 aliphatic rings. The maximum atomic E-state index is 4.30. The van der Waals surface area contributed by atoms with Gasteiger partial charge in [0.1, 0.15) is 0 Å². The summed E-state index contributed by atoms with van der Waals surface area (Å²) in [6.07, 6.45) is 8.60. The molecule has 15 heavy (non-hydrogen) atoms. The number of rotatable bonds is 4. The lowest BCUT2D eigenvalue weighted by atomic mass is 10.3. The van der Waals surface area contributed by atoms with Gasteiger partial charge in [-0.1, -0.05) is 6.08 Å². The zero-order chi connectivity index (χ0) is 10.7. The number of aromatic nitrogens is 1. The van der Waals surface area contributed by atoms with Crippen molar-refractivity contribution in [2.24, 2.45) is 0 Å². The number of nitrogens with zero attached hydrogens (tertiary/aromatic N) is 1. The molecular weight excluding hydrogens is 320 g/mol. The second-order valence-electron chi connectivity index (χ2n) is 3.61. The molecule has 1 fully saturated rings. The molecule has 0 aliphatic heterocycles. The zero-order valence-electron chi connectivity index (χ0n) is 8.21. The summed E-state index contributed by atoms with van der Waals surface area (Å²) < 4.78 is 2.00. The van der Waals surface area contributed by atoms with E-state index in [1.807, 2.05) is 12.1 Å². The van der Waals surface area contributed by atoms with Gasteiger partial charge in [0.2, 0.25) is 0 Å².